The van der Waals surface area contributed by atoms with Gasteiger partial charge < -0.3 is 5.11 Å². The summed E-state index contributed by atoms with van der Waals surface area (Å²) in [6, 6.07) is 0. The van der Waals surface area contributed by atoms with E-state index < -0.39 is 17.3 Å². The first kappa shape index (κ1) is 13.8. The predicted octanol–water partition coefficient (Wildman–Crippen LogP) is 0.969. The van der Waals surface area contributed by atoms with Gasteiger partial charge in [0.05, 0.1) is 5.41 Å². The molecule has 0 radical (unpaired) electrons. The van der Waals surface area contributed by atoms with Crippen LogP contribution >= 0.6 is 0 Å². The van der Waals surface area contributed by atoms with Crippen molar-refractivity contribution in [2.75, 3.05) is 0 Å². The third-order valence-electron chi connectivity index (χ3n) is 4.04. The zero-order chi connectivity index (χ0) is 13.9. The van der Waals surface area contributed by atoms with Crippen LogP contribution in [0.2, 0.25) is 0 Å². The third kappa shape index (κ3) is 3.45. The summed E-state index contributed by atoms with van der Waals surface area (Å²) in [4.78, 5) is 34.6. The lowest BCUT2D eigenvalue weighted by molar-refractivity contribution is -0.154. The second-order valence-corrected chi connectivity index (χ2v) is 5.63. The topological polar surface area (TPSA) is 95.5 Å². The molecule has 2 rings (SSSR count). The van der Waals surface area contributed by atoms with Crippen molar-refractivity contribution < 1.29 is 19.5 Å². The summed E-state index contributed by atoms with van der Waals surface area (Å²) in [6.45, 7) is 0. The van der Waals surface area contributed by atoms with Gasteiger partial charge in [0.25, 0.3) is 0 Å². The monoisotopic (exact) mass is 268 g/mol. The fourth-order valence-electron chi connectivity index (χ4n) is 2.63. The minimum atomic E-state index is -0.952. The van der Waals surface area contributed by atoms with E-state index in [1.54, 1.807) is 0 Å². The van der Waals surface area contributed by atoms with Gasteiger partial charge in [0.15, 0.2) is 0 Å². The largest absolute Gasteiger partial charge is 0.481 e. The van der Waals surface area contributed by atoms with Crippen LogP contribution in [0.15, 0.2) is 0 Å². The highest BCUT2D eigenvalue weighted by atomic mass is 16.4. The van der Waals surface area contributed by atoms with E-state index in [9.17, 15) is 19.5 Å². The highest BCUT2D eigenvalue weighted by molar-refractivity contribution is 5.87. The van der Waals surface area contributed by atoms with Crippen LogP contribution in [-0.4, -0.2) is 22.9 Å². The molecule has 2 aliphatic rings. The molecule has 0 spiro atoms. The van der Waals surface area contributed by atoms with E-state index in [2.05, 4.69) is 10.9 Å². The standard InChI is InChI=1S/C13H20N2O4/c16-10(14-15-11(17)9-4-5-9)8-13(12(18)19)6-2-1-3-7-13/h9H,1-8H2,(H,14,16)(H,15,17)(H,18,19). The summed E-state index contributed by atoms with van der Waals surface area (Å²) < 4.78 is 0. The smallest absolute Gasteiger partial charge is 0.310 e. The fraction of sp³-hybridized carbons (Fsp3) is 0.769. The number of carboxylic acids is 1. The van der Waals surface area contributed by atoms with Gasteiger partial charge in [-0.25, -0.2) is 0 Å². The predicted molar refractivity (Wildman–Crippen MR) is 66.8 cm³/mol. The molecule has 2 aliphatic carbocycles. The van der Waals surface area contributed by atoms with Crippen molar-refractivity contribution >= 4 is 17.8 Å². The zero-order valence-corrected chi connectivity index (χ0v) is 10.9. The van der Waals surface area contributed by atoms with Gasteiger partial charge in [0.2, 0.25) is 11.8 Å². The molecule has 6 nitrogen and oxygen atoms in total. The summed E-state index contributed by atoms with van der Waals surface area (Å²) in [6.07, 6.45) is 5.44. The van der Waals surface area contributed by atoms with Gasteiger partial charge in [0.1, 0.15) is 0 Å². The Hall–Kier alpha value is -1.59. The minimum absolute atomic E-state index is 0.0171. The van der Waals surface area contributed by atoms with Gasteiger partial charge in [-0.15, -0.1) is 0 Å². The lowest BCUT2D eigenvalue weighted by Crippen LogP contribution is -2.46. The first-order valence-corrected chi connectivity index (χ1v) is 6.86. The molecule has 0 saturated heterocycles. The summed E-state index contributed by atoms with van der Waals surface area (Å²) in [7, 11) is 0. The molecule has 0 aliphatic heterocycles. The fourth-order valence-corrected chi connectivity index (χ4v) is 2.63. The Morgan fingerprint density at radius 1 is 1.05 bits per heavy atom. The molecular formula is C13H20N2O4. The molecule has 6 heteroatoms. The Kier molecular flexibility index (Phi) is 4.07. The quantitative estimate of drug-likeness (QED) is 0.662. The van der Waals surface area contributed by atoms with Gasteiger partial charge >= 0.3 is 5.97 Å². The average molecular weight is 268 g/mol. The molecule has 0 atom stereocenters. The summed E-state index contributed by atoms with van der Waals surface area (Å²) >= 11 is 0. The molecule has 0 heterocycles. The van der Waals surface area contributed by atoms with Gasteiger partial charge in [0, 0.05) is 12.3 Å². The number of hydrazine groups is 1. The van der Waals surface area contributed by atoms with E-state index in [0.29, 0.717) is 12.8 Å². The van der Waals surface area contributed by atoms with Crippen molar-refractivity contribution in [2.24, 2.45) is 11.3 Å². The number of carbonyl (C=O) groups excluding carboxylic acids is 2. The Balaban J connectivity index is 1.84. The average Bonchev–Trinajstić information content (AvgIpc) is 3.21. The van der Waals surface area contributed by atoms with Crippen LogP contribution in [0.1, 0.15) is 51.4 Å². The van der Waals surface area contributed by atoms with Crippen molar-refractivity contribution in [1.82, 2.24) is 10.9 Å². The maximum atomic E-state index is 11.8. The first-order valence-electron chi connectivity index (χ1n) is 6.86. The van der Waals surface area contributed by atoms with Crippen molar-refractivity contribution in [3.63, 3.8) is 0 Å². The Morgan fingerprint density at radius 2 is 1.68 bits per heavy atom. The normalized spacial score (nSPS) is 21.5. The van der Waals surface area contributed by atoms with E-state index in [4.69, 9.17) is 0 Å². The molecule has 2 amide bonds. The molecular weight excluding hydrogens is 248 g/mol. The number of aliphatic carboxylic acids is 1. The maximum absolute atomic E-state index is 11.8. The van der Waals surface area contributed by atoms with Crippen molar-refractivity contribution in [3.05, 3.63) is 0 Å². The second-order valence-electron chi connectivity index (χ2n) is 5.63. The molecule has 106 valence electrons. The number of hydrogen-bond donors (Lipinski definition) is 3. The number of hydrogen-bond acceptors (Lipinski definition) is 3. The lowest BCUT2D eigenvalue weighted by Gasteiger charge is -2.32. The van der Waals surface area contributed by atoms with Gasteiger partial charge in [-0.05, 0) is 25.7 Å². The van der Waals surface area contributed by atoms with Crippen LogP contribution < -0.4 is 10.9 Å². The van der Waals surface area contributed by atoms with Crippen LogP contribution in [-0.2, 0) is 14.4 Å². The maximum Gasteiger partial charge on any atom is 0.310 e. The van der Waals surface area contributed by atoms with E-state index in [-0.39, 0.29) is 18.2 Å². The Bertz CT molecular complexity index is 384. The second kappa shape index (κ2) is 5.59. The van der Waals surface area contributed by atoms with E-state index in [0.717, 1.165) is 32.1 Å². The molecule has 19 heavy (non-hydrogen) atoms. The number of nitrogens with one attached hydrogen (secondary N) is 2. The molecule has 0 aromatic heterocycles. The van der Waals surface area contributed by atoms with Crippen LogP contribution in [0.3, 0.4) is 0 Å². The van der Waals surface area contributed by atoms with E-state index in [1.165, 1.54) is 0 Å². The number of amides is 2. The van der Waals surface area contributed by atoms with Crippen LogP contribution in [0, 0.1) is 11.3 Å². The zero-order valence-electron chi connectivity index (χ0n) is 10.9. The molecule has 2 fully saturated rings. The number of carboxylic acid groups (broad SMARTS) is 1. The highest BCUT2D eigenvalue weighted by Gasteiger charge is 2.41. The van der Waals surface area contributed by atoms with Crippen LogP contribution in [0.5, 0.6) is 0 Å². The molecule has 0 aromatic carbocycles. The first-order chi connectivity index (χ1) is 9.03. The highest BCUT2D eigenvalue weighted by Crippen LogP contribution is 2.39. The summed E-state index contributed by atoms with van der Waals surface area (Å²) in [5, 5.41) is 9.35. The van der Waals surface area contributed by atoms with E-state index >= 15 is 0 Å². The SMILES string of the molecule is O=C(CC1(C(=O)O)CCCCC1)NNC(=O)C1CC1. The molecule has 2 saturated carbocycles. The summed E-state index contributed by atoms with van der Waals surface area (Å²) in [5.74, 6) is -1.49. The summed E-state index contributed by atoms with van der Waals surface area (Å²) in [5.41, 5.74) is 3.74. The molecule has 0 unspecified atom stereocenters. The van der Waals surface area contributed by atoms with Crippen LogP contribution in [0.4, 0.5) is 0 Å². The van der Waals surface area contributed by atoms with Crippen LogP contribution in [0.25, 0.3) is 0 Å². The minimum Gasteiger partial charge on any atom is -0.481 e. The van der Waals surface area contributed by atoms with Gasteiger partial charge in [-0.1, -0.05) is 19.3 Å². The molecule has 0 bridgehead atoms. The molecule has 0 aromatic rings. The number of rotatable bonds is 4. The van der Waals surface area contributed by atoms with E-state index in [1.807, 2.05) is 0 Å². The van der Waals surface area contributed by atoms with Crippen molar-refractivity contribution in [1.29, 1.82) is 0 Å². The van der Waals surface area contributed by atoms with Crippen molar-refractivity contribution in [3.8, 4) is 0 Å². The lowest BCUT2D eigenvalue weighted by atomic mass is 9.72. The van der Waals surface area contributed by atoms with Gasteiger partial charge in [-0.2, -0.15) is 0 Å². The van der Waals surface area contributed by atoms with Gasteiger partial charge in [-0.3, -0.25) is 25.2 Å². The third-order valence-corrected chi connectivity index (χ3v) is 4.04. The van der Waals surface area contributed by atoms with Crippen molar-refractivity contribution in [2.45, 2.75) is 51.4 Å². The Morgan fingerprint density at radius 3 is 2.21 bits per heavy atom. The Labute approximate surface area is 111 Å². The molecule has 3 N–H and O–H groups in total. The number of carbonyl (C=O) groups is 3.